The lowest BCUT2D eigenvalue weighted by atomic mass is 10.0. The largest absolute Gasteiger partial charge is 0.346 e. The van der Waals surface area contributed by atoms with Crippen molar-refractivity contribution >= 4 is 12.2 Å². The van der Waals surface area contributed by atoms with Gasteiger partial charge in [0.15, 0.2) is 0 Å². The lowest BCUT2D eigenvalue weighted by Gasteiger charge is -2.06. The highest BCUT2D eigenvalue weighted by molar-refractivity contribution is 7.71. The molecule has 76 valence electrons. The number of hydrogen-bond donors (Lipinski definition) is 1. The highest BCUT2D eigenvalue weighted by Crippen LogP contribution is 2.21. The van der Waals surface area contributed by atoms with E-state index < -0.39 is 0 Å². The molecule has 15 heavy (non-hydrogen) atoms. The Bertz CT molecular complexity index is 543. The van der Waals surface area contributed by atoms with Crippen LogP contribution in [0.5, 0.6) is 0 Å². The summed E-state index contributed by atoms with van der Waals surface area (Å²) in [4.78, 5) is 7.09. The van der Waals surface area contributed by atoms with Gasteiger partial charge in [-0.1, -0.05) is 29.9 Å². The number of nitrogens with one attached hydrogen (secondary N) is 1. The Kier molecular flexibility index (Phi) is 2.64. The third-order valence-corrected chi connectivity index (χ3v) is 2.59. The summed E-state index contributed by atoms with van der Waals surface area (Å²) in [6, 6.07) is 8.25. The van der Waals surface area contributed by atoms with Crippen LogP contribution < -0.4 is 0 Å². The fraction of sp³-hybridized carbons (Fsp3) is 0.167. The van der Waals surface area contributed by atoms with E-state index in [1.54, 1.807) is 6.33 Å². The molecule has 0 saturated heterocycles. The van der Waals surface area contributed by atoms with Gasteiger partial charge in [0.25, 0.3) is 0 Å². The zero-order valence-electron chi connectivity index (χ0n) is 8.74. The van der Waals surface area contributed by atoms with E-state index in [1.165, 1.54) is 16.7 Å². The minimum Gasteiger partial charge on any atom is -0.346 e. The molecule has 1 aromatic carbocycles. The lowest BCUT2D eigenvalue weighted by Crippen LogP contribution is -1.89. The van der Waals surface area contributed by atoms with Crippen LogP contribution >= 0.6 is 12.2 Å². The Hall–Kier alpha value is -1.48. The van der Waals surface area contributed by atoms with Gasteiger partial charge in [0.05, 0.1) is 6.33 Å². The van der Waals surface area contributed by atoms with Crippen molar-refractivity contribution in [3.63, 3.8) is 0 Å². The summed E-state index contributed by atoms with van der Waals surface area (Å²) < 4.78 is 0.615. The van der Waals surface area contributed by atoms with Gasteiger partial charge in [0.2, 0.25) is 0 Å². The van der Waals surface area contributed by atoms with Gasteiger partial charge in [0.1, 0.15) is 4.64 Å². The average Bonchev–Trinajstić information content (AvgIpc) is 2.22. The van der Waals surface area contributed by atoms with Crippen molar-refractivity contribution in [2.45, 2.75) is 13.8 Å². The summed E-state index contributed by atoms with van der Waals surface area (Å²) in [6.07, 6.45) is 1.64. The quantitative estimate of drug-likeness (QED) is 0.740. The van der Waals surface area contributed by atoms with Crippen LogP contribution in [0.25, 0.3) is 11.3 Å². The number of benzene rings is 1. The van der Waals surface area contributed by atoms with E-state index in [0.717, 1.165) is 5.69 Å². The van der Waals surface area contributed by atoms with Gasteiger partial charge in [-0.3, -0.25) is 0 Å². The zero-order chi connectivity index (χ0) is 10.8. The van der Waals surface area contributed by atoms with Crippen LogP contribution in [0.3, 0.4) is 0 Å². The molecule has 0 amide bonds. The first-order valence-corrected chi connectivity index (χ1v) is 5.20. The minimum absolute atomic E-state index is 0.615. The first kappa shape index (κ1) is 10.1. The summed E-state index contributed by atoms with van der Waals surface area (Å²) in [6.45, 7) is 4.17. The summed E-state index contributed by atoms with van der Waals surface area (Å²) in [5.41, 5.74) is 4.68. The van der Waals surface area contributed by atoms with Crippen LogP contribution in [0.15, 0.2) is 30.6 Å². The maximum absolute atomic E-state index is 5.04. The van der Waals surface area contributed by atoms with Crippen molar-refractivity contribution in [3.8, 4) is 11.3 Å². The average molecular weight is 216 g/mol. The van der Waals surface area contributed by atoms with Crippen LogP contribution in [0, 0.1) is 18.5 Å². The molecule has 0 unspecified atom stereocenters. The molecule has 0 spiro atoms. The predicted octanol–water partition coefficient (Wildman–Crippen LogP) is 3.42. The second-order valence-corrected chi connectivity index (χ2v) is 4.04. The first-order valence-electron chi connectivity index (χ1n) is 4.79. The third kappa shape index (κ3) is 2.13. The zero-order valence-corrected chi connectivity index (χ0v) is 9.56. The van der Waals surface area contributed by atoms with E-state index in [1.807, 2.05) is 6.07 Å². The van der Waals surface area contributed by atoms with Crippen molar-refractivity contribution in [2.24, 2.45) is 0 Å². The van der Waals surface area contributed by atoms with Gasteiger partial charge in [-0.2, -0.15) is 0 Å². The van der Waals surface area contributed by atoms with Crippen molar-refractivity contribution in [3.05, 3.63) is 46.4 Å². The Morgan fingerprint density at radius 3 is 2.73 bits per heavy atom. The number of rotatable bonds is 1. The SMILES string of the molecule is Cc1ccc(C)c(-c2cc(=S)nc[nH]2)c1. The van der Waals surface area contributed by atoms with Gasteiger partial charge in [0, 0.05) is 11.3 Å². The minimum atomic E-state index is 0.615. The molecule has 1 N–H and O–H groups in total. The molecular weight excluding hydrogens is 204 g/mol. The normalized spacial score (nSPS) is 10.3. The highest BCUT2D eigenvalue weighted by Gasteiger charge is 2.02. The number of hydrogen-bond acceptors (Lipinski definition) is 2. The maximum atomic E-state index is 5.04. The van der Waals surface area contributed by atoms with Crippen LogP contribution in [0.4, 0.5) is 0 Å². The lowest BCUT2D eigenvalue weighted by molar-refractivity contribution is 1.15. The van der Waals surface area contributed by atoms with Gasteiger partial charge in [-0.05, 0) is 31.5 Å². The van der Waals surface area contributed by atoms with Crippen molar-refractivity contribution in [1.82, 2.24) is 9.97 Å². The third-order valence-electron chi connectivity index (χ3n) is 2.36. The molecule has 0 bridgehead atoms. The number of aromatic amines is 1. The first-order chi connectivity index (χ1) is 7.16. The standard InChI is InChI=1S/C12H12N2S/c1-8-3-4-9(2)10(5-8)11-6-12(15)14-7-13-11/h3-7H,1-2H3,(H,13,14,15). The van der Waals surface area contributed by atoms with Gasteiger partial charge in [-0.25, -0.2) is 4.98 Å². The molecular formula is C12H12N2S. The topological polar surface area (TPSA) is 28.7 Å². The number of aromatic nitrogens is 2. The molecule has 1 aromatic heterocycles. The van der Waals surface area contributed by atoms with E-state index in [-0.39, 0.29) is 0 Å². The van der Waals surface area contributed by atoms with Crippen LogP contribution in [0.2, 0.25) is 0 Å². The second-order valence-electron chi connectivity index (χ2n) is 3.62. The molecule has 1 heterocycles. The Balaban J connectivity index is 2.63. The predicted molar refractivity (Wildman–Crippen MR) is 64.3 cm³/mol. The molecule has 2 nitrogen and oxygen atoms in total. The Labute approximate surface area is 94.0 Å². The molecule has 0 saturated carbocycles. The van der Waals surface area contributed by atoms with Gasteiger partial charge in [-0.15, -0.1) is 0 Å². The molecule has 0 aliphatic carbocycles. The van der Waals surface area contributed by atoms with Crippen LogP contribution in [-0.4, -0.2) is 9.97 Å². The smallest absolute Gasteiger partial charge is 0.130 e. The number of aryl methyl sites for hydroxylation is 2. The summed E-state index contributed by atoms with van der Waals surface area (Å²) in [5.74, 6) is 0. The van der Waals surface area contributed by atoms with E-state index in [9.17, 15) is 0 Å². The van der Waals surface area contributed by atoms with E-state index >= 15 is 0 Å². The highest BCUT2D eigenvalue weighted by atomic mass is 32.1. The van der Waals surface area contributed by atoms with E-state index in [0.29, 0.717) is 4.64 Å². The van der Waals surface area contributed by atoms with Gasteiger partial charge >= 0.3 is 0 Å². The van der Waals surface area contributed by atoms with Crippen LogP contribution in [0.1, 0.15) is 11.1 Å². The molecule has 0 fully saturated rings. The Morgan fingerprint density at radius 1 is 1.20 bits per heavy atom. The van der Waals surface area contributed by atoms with Crippen molar-refractivity contribution < 1.29 is 0 Å². The van der Waals surface area contributed by atoms with E-state index in [2.05, 4.69) is 42.0 Å². The molecule has 0 atom stereocenters. The molecule has 2 rings (SSSR count). The van der Waals surface area contributed by atoms with Gasteiger partial charge < -0.3 is 4.98 Å². The summed E-state index contributed by atoms with van der Waals surface area (Å²) in [7, 11) is 0. The van der Waals surface area contributed by atoms with Crippen molar-refractivity contribution in [1.29, 1.82) is 0 Å². The maximum Gasteiger partial charge on any atom is 0.130 e. The number of H-pyrrole nitrogens is 1. The summed E-state index contributed by atoms with van der Waals surface area (Å²) >= 11 is 5.04. The monoisotopic (exact) mass is 216 g/mol. The second kappa shape index (κ2) is 3.95. The number of nitrogens with zero attached hydrogens (tertiary/aromatic N) is 1. The molecule has 3 heteroatoms. The summed E-state index contributed by atoms with van der Waals surface area (Å²) in [5, 5.41) is 0. The molecule has 0 aliphatic rings. The molecule has 2 aromatic rings. The van der Waals surface area contributed by atoms with Crippen molar-refractivity contribution in [2.75, 3.05) is 0 Å². The fourth-order valence-corrected chi connectivity index (χ4v) is 1.72. The Morgan fingerprint density at radius 2 is 2.00 bits per heavy atom. The van der Waals surface area contributed by atoms with Crippen LogP contribution in [-0.2, 0) is 0 Å². The fourth-order valence-electron chi connectivity index (χ4n) is 1.55. The van der Waals surface area contributed by atoms with E-state index in [4.69, 9.17) is 12.2 Å². The molecule has 0 radical (unpaired) electrons. The molecule has 0 aliphatic heterocycles.